The van der Waals surface area contributed by atoms with E-state index in [1.807, 2.05) is 54.6 Å². The van der Waals surface area contributed by atoms with Crippen LogP contribution in [0.3, 0.4) is 0 Å². The van der Waals surface area contributed by atoms with Crippen molar-refractivity contribution in [3.05, 3.63) is 109 Å². The van der Waals surface area contributed by atoms with Gasteiger partial charge in [0, 0.05) is 17.6 Å². The van der Waals surface area contributed by atoms with Crippen LogP contribution in [0.1, 0.15) is 33.1 Å². The molecule has 3 aromatic rings. The molecule has 0 aliphatic heterocycles. The summed E-state index contributed by atoms with van der Waals surface area (Å²) < 4.78 is 21.5. The molecule has 0 aliphatic carbocycles. The molecule has 0 saturated heterocycles. The van der Waals surface area contributed by atoms with Gasteiger partial charge in [0.1, 0.15) is 11.5 Å². The number of benzene rings is 3. The van der Waals surface area contributed by atoms with E-state index in [1.54, 1.807) is 20.1 Å². The van der Waals surface area contributed by atoms with Gasteiger partial charge in [0.15, 0.2) is 0 Å². The molecule has 0 N–H and O–H groups in total. The van der Waals surface area contributed by atoms with Crippen molar-refractivity contribution in [2.45, 2.75) is 33.1 Å². The van der Waals surface area contributed by atoms with Gasteiger partial charge in [0.05, 0.1) is 26.1 Å². The molecule has 0 bridgehead atoms. The van der Waals surface area contributed by atoms with Crippen molar-refractivity contribution in [3.63, 3.8) is 0 Å². The van der Waals surface area contributed by atoms with Crippen LogP contribution in [-0.4, -0.2) is 31.8 Å². The standard InChI is InChI=1S/C34H36O6/c1-25(2)33(35)39-23-7-5-21-37-31-17-13-29(14-18-31)27-9-11-28(12-10-27)30-15-19-32(20-16-30)38-22-6-8-24-40-34(36)26(3)4/h5,9-21H,1,3,6-8,22-24H2,2,4H3/b21-5+. The first kappa shape index (κ1) is 30.0. The molecular formula is C34H36O6. The highest BCUT2D eigenvalue weighted by atomic mass is 16.5. The van der Waals surface area contributed by atoms with E-state index < -0.39 is 0 Å². The second kappa shape index (κ2) is 15.7. The molecule has 6 nitrogen and oxygen atoms in total. The molecule has 0 saturated carbocycles. The van der Waals surface area contributed by atoms with E-state index in [9.17, 15) is 9.59 Å². The fourth-order valence-corrected chi connectivity index (χ4v) is 3.54. The quantitative estimate of drug-likeness (QED) is 0.0851. The van der Waals surface area contributed by atoms with Crippen LogP contribution < -0.4 is 9.47 Å². The molecule has 0 unspecified atom stereocenters. The Kier molecular flexibility index (Phi) is 11.8. The van der Waals surface area contributed by atoms with Crippen LogP contribution in [0.25, 0.3) is 22.3 Å². The summed E-state index contributed by atoms with van der Waals surface area (Å²) in [4.78, 5) is 22.7. The second-order valence-corrected chi connectivity index (χ2v) is 9.29. The van der Waals surface area contributed by atoms with Crippen molar-refractivity contribution in [1.82, 2.24) is 0 Å². The van der Waals surface area contributed by atoms with Crippen molar-refractivity contribution in [1.29, 1.82) is 0 Å². The number of hydrogen-bond donors (Lipinski definition) is 0. The predicted octanol–water partition coefficient (Wildman–Crippen LogP) is 7.70. The van der Waals surface area contributed by atoms with E-state index >= 15 is 0 Å². The summed E-state index contributed by atoms with van der Waals surface area (Å²) in [5.41, 5.74) is 5.23. The summed E-state index contributed by atoms with van der Waals surface area (Å²) in [7, 11) is 0. The Balaban J connectivity index is 1.42. The average molecular weight is 541 g/mol. The Labute approximate surface area is 236 Å². The maximum absolute atomic E-state index is 11.4. The van der Waals surface area contributed by atoms with E-state index in [1.165, 1.54) is 0 Å². The highest BCUT2D eigenvalue weighted by Crippen LogP contribution is 2.27. The van der Waals surface area contributed by atoms with Crippen LogP contribution in [0.2, 0.25) is 0 Å². The first-order valence-corrected chi connectivity index (χ1v) is 13.2. The normalized spacial score (nSPS) is 10.7. The van der Waals surface area contributed by atoms with Crippen LogP contribution in [0.15, 0.2) is 109 Å². The van der Waals surface area contributed by atoms with Gasteiger partial charge >= 0.3 is 11.9 Å². The first-order valence-electron chi connectivity index (χ1n) is 13.2. The van der Waals surface area contributed by atoms with Crippen molar-refractivity contribution in [2.75, 3.05) is 19.8 Å². The molecule has 6 heteroatoms. The molecule has 0 aliphatic rings. The fraction of sp³-hybridized carbons (Fsp3) is 0.235. The molecule has 3 rings (SSSR count). The number of unbranched alkanes of at least 4 members (excludes halogenated alkanes) is 1. The van der Waals surface area contributed by atoms with Gasteiger partial charge < -0.3 is 18.9 Å². The van der Waals surface area contributed by atoms with Crippen molar-refractivity contribution in [2.24, 2.45) is 0 Å². The number of ether oxygens (including phenoxy) is 4. The minimum atomic E-state index is -0.383. The second-order valence-electron chi connectivity index (χ2n) is 9.29. The summed E-state index contributed by atoms with van der Waals surface area (Å²) in [5, 5.41) is 0. The molecule has 40 heavy (non-hydrogen) atoms. The van der Waals surface area contributed by atoms with Crippen molar-refractivity contribution >= 4 is 11.9 Å². The lowest BCUT2D eigenvalue weighted by molar-refractivity contribution is -0.139. The SMILES string of the molecule is C=C(C)C(=O)OCC/C=C/Oc1ccc(-c2ccc(-c3ccc(OCCCCOC(=O)C(=C)C)cc3)cc2)cc1. The highest BCUT2D eigenvalue weighted by Gasteiger charge is 2.04. The maximum Gasteiger partial charge on any atom is 0.333 e. The van der Waals surface area contributed by atoms with Gasteiger partial charge in [-0.1, -0.05) is 61.7 Å². The van der Waals surface area contributed by atoms with Crippen LogP contribution >= 0.6 is 0 Å². The Hall–Kier alpha value is -4.58. The molecule has 0 spiro atoms. The summed E-state index contributed by atoms with van der Waals surface area (Å²) in [5.74, 6) is 0.799. The van der Waals surface area contributed by atoms with E-state index in [2.05, 4.69) is 37.4 Å². The van der Waals surface area contributed by atoms with Gasteiger partial charge in [-0.15, -0.1) is 0 Å². The Morgan fingerprint density at radius 3 is 1.55 bits per heavy atom. The number of carbonyl (C=O) groups is 2. The third-order valence-electron chi connectivity index (χ3n) is 5.82. The Morgan fingerprint density at radius 1 is 0.625 bits per heavy atom. The number of hydrogen-bond acceptors (Lipinski definition) is 6. The van der Waals surface area contributed by atoms with Crippen LogP contribution in [0.5, 0.6) is 11.5 Å². The predicted molar refractivity (Wildman–Crippen MR) is 158 cm³/mol. The van der Waals surface area contributed by atoms with Crippen LogP contribution in [0, 0.1) is 0 Å². The summed E-state index contributed by atoms with van der Waals surface area (Å²) in [6, 6.07) is 24.3. The maximum atomic E-state index is 11.4. The third kappa shape index (κ3) is 9.95. The van der Waals surface area contributed by atoms with E-state index in [-0.39, 0.29) is 18.5 Å². The summed E-state index contributed by atoms with van der Waals surface area (Å²) >= 11 is 0. The zero-order valence-corrected chi connectivity index (χ0v) is 23.2. The van der Waals surface area contributed by atoms with Gasteiger partial charge in [0.2, 0.25) is 0 Å². The van der Waals surface area contributed by atoms with Crippen LogP contribution in [0.4, 0.5) is 0 Å². The molecule has 0 heterocycles. The molecule has 0 atom stereocenters. The molecular weight excluding hydrogens is 504 g/mol. The largest absolute Gasteiger partial charge is 0.494 e. The van der Waals surface area contributed by atoms with Gasteiger partial charge in [-0.3, -0.25) is 0 Å². The van der Waals surface area contributed by atoms with E-state index in [0.29, 0.717) is 30.8 Å². The fourth-order valence-electron chi connectivity index (χ4n) is 3.54. The van der Waals surface area contributed by atoms with Crippen molar-refractivity contribution in [3.8, 4) is 33.8 Å². The summed E-state index contributed by atoms with van der Waals surface area (Å²) in [6.45, 7) is 11.6. The van der Waals surface area contributed by atoms with Crippen molar-refractivity contribution < 1.29 is 28.5 Å². The van der Waals surface area contributed by atoms with Crippen LogP contribution in [-0.2, 0) is 19.1 Å². The third-order valence-corrected chi connectivity index (χ3v) is 5.82. The molecule has 0 aromatic heterocycles. The zero-order chi connectivity index (χ0) is 28.7. The number of carbonyl (C=O) groups excluding carboxylic acids is 2. The van der Waals surface area contributed by atoms with Gasteiger partial charge in [-0.25, -0.2) is 9.59 Å². The minimum absolute atomic E-state index is 0.288. The lowest BCUT2D eigenvalue weighted by Crippen LogP contribution is -2.07. The lowest BCUT2D eigenvalue weighted by Gasteiger charge is -2.09. The molecule has 0 radical (unpaired) electrons. The molecule has 3 aromatic carbocycles. The monoisotopic (exact) mass is 540 g/mol. The Morgan fingerprint density at radius 2 is 1.05 bits per heavy atom. The van der Waals surface area contributed by atoms with Gasteiger partial charge in [0.25, 0.3) is 0 Å². The topological polar surface area (TPSA) is 71.1 Å². The first-order chi connectivity index (χ1) is 19.3. The Bertz CT molecular complexity index is 1300. The number of rotatable bonds is 15. The average Bonchev–Trinajstić information content (AvgIpc) is 2.97. The highest BCUT2D eigenvalue weighted by molar-refractivity contribution is 5.87. The molecule has 0 fully saturated rings. The number of esters is 2. The molecule has 0 amide bonds. The van der Waals surface area contributed by atoms with Gasteiger partial charge in [-0.2, -0.15) is 0 Å². The lowest BCUT2D eigenvalue weighted by atomic mass is 10.0. The zero-order valence-electron chi connectivity index (χ0n) is 23.2. The smallest absolute Gasteiger partial charge is 0.333 e. The van der Waals surface area contributed by atoms with Gasteiger partial charge in [-0.05, 0) is 79.3 Å². The minimum Gasteiger partial charge on any atom is -0.494 e. The van der Waals surface area contributed by atoms with E-state index in [4.69, 9.17) is 18.9 Å². The van der Waals surface area contributed by atoms with E-state index in [0.717, 1.165) is 46.6 Å². The molecule has 208 valence electrons. The summed E-state index contributed by atoms with van der Waals surface area (Å²) in [6.07, 6.45) is 5.51.